The topological polar surface area (TPSA) is 49.3 Å². The van der Waals surface area contributed by atoms with Crippen LogP contribution in [-0.4, -0.2) is 28.6 Å². The van der Waals surface area contributed by atoms with Gasteiger partial charge in [0.1, 0.15) is 0 Å². The van der Waals surface area contributed by atoms with Crippen LogP contribution in [0.5, 0.6) is 0 Å². The van der Waals surface area contributed by atoms with E-state index in [0.717, 1.165) is 24.2 Å². The lowest BCUT2D eigenvalue weighted by Crippen LogP contribution is -2.23. The molecule has 20 heavy (non-hydrogen) atoms. The number of halogens is 1. The van der Waals surface area contributed by atoms with Gasteiger partial charge in [0, 0.05) is 17.0 Å². The molecule has 0 saturated carbocycles. The van der Waals surface area contributed by atoms with Crippen LogP contribution >= 0.6 is 23.4 Å². The number of hydrogen-bond donors (Lipinski definition) is 2. The first kappa shape index (κ1) is 15.2. The molecule has 1 aromatic rings. The minimum atomic E-state index is 0.0139. The summed E-state index contributed by atoms with van der Waals surface area (Å²) >= 11 is 7.66. The van der Waals surface area contributed by atoms with Crippen LogP contribution in [0, 0.1) is 11.8 Å². The second kappa shape index (κ2) is 7.58. The van der Waals surface area contributed by atoms with E-state index >= 15 is 0 Å². The normalized spacial score (nSPS) is 17.4. The van der Waals surface area contributed by atoms with Gasteiger partial charge in [-0.1, -0.05) is 23.4 Å². The number of benzene rings is 1. The highest BCUT2D eigenvalue weighted by molar-refractivity contribution is 8.00. The second-order valence-electron chi connectivity index (χ2n) is 4.46. The van der Waals surface area contributed by atoms with Gasteiger partial charge in [-0.3, -0.25) is 4.79 Å². The van der Waals surface area contributed by atoms with Crippen molar-refractivity contribution in [1.82, 2.24) is 0 Å². The number of anilines is 1. The summed E-state index contributed by atoms with van der Waals surface area (Å²) in [6.07, 6.45) is 2.42. The maximum absolute atomic E-state index is 12.1. The zero-order chi connectivity index (χ0) is 14.4. The van der Waals surface area contributed by atoms with Crippen molar-refractivity contribution in [2.45, 2.75) is 24.5 Å². The molecule has 0 radical (unpaired) electrons. The molecule has 1 aliphatic heterocycles. The van der Waals surface area contributed by atoms with Crippen LogP contribution in [0.3, 0.4) is 0 Å². The number of carbonyl (C=O) groups excluding carboxylic acids is 1. The summed E-state index contributed by atoms with van der Waals surface area (Å²) in [5.74, 6) is 6.85. The van der Waals surface area contributed by atoms with Gasteiger partial charge in [-0.05, 0) is 36.8 Å². The van der Waals surface area contributed by atoms with Crippen molar-refractivity contribution in [3.05, 3.63) is 28.8 Å². The smallest absolute Gasteiger partial charge is 0.237 e. The maximum atomic E-state index is 12.1. The number of thioether (sulfide) groups is 1. The van der Waals surface area contributed by atoms with Crippen LogP contribution in [0.25, 0.3) is 0 Å². The van der Waals surface area contributed by atoms with Gasteiger partial charge >= 0.3 is 0 Å². The first-order chi connectivity index (χ1) is 9.70. The Morgan fingerprint density at radius 3 is 3.10 bits per heavy atom. The van der Waals surface area contributed by atoms with Crippen molar-refractivity contribution in [2.24, 2.45) is 0 Å². The Morgan fingerprint density at radius 2 is 2.40 bits per heavy atom. The third-order valence-electron chi connectivity index (χ3n) is 2.92. The quantitative estimate of drug-likeness (QED) is 0.844. The highest BCUT2D eigenvalue weighted by atomic mass is 35.5. The van der Waals surface area contributed by atoms with Gasteiger partial charge in [0.15, 0.2) is 0 Å². The fourth-order valence-electron chi connectivity index (χ4n) is 1.94. The zero-order valence-corrected chi connectivity index (χ0v) is 12.6. The number of nitrogens with one attached hydrogen (secondary N) is 1. The Labute approximate surface area is 128 Å². The van der Waals surface area contributed by atoms with Gasteiger partial charge in [0.25, 0.3) is 0 Å². The Kier molecular flexibility index (Phi) is 5.78. The van der Waals surface area contributed by atoms with E-state index < -0.39 is 0 Å². The van der Waals surface area contributed by atoms with E-state index in [-0.39, 0.29) is 17.8 Å². The van der Waals surface area contributed by atoms with Gasteiger partial charge in [0.2, 0.25) is 5.91 Å². The van der Waals surface area contributed by atoms with Crippen LogP contribution in [0.2, 0.25) is 5.02 Å². The van der Waals surface area contributed by atoms with Crippen molar-refractivity contribution in [3.8, 4) is 11.8 Å². The lowest BCUT2D eigenvalue weighted by molar-refractivity contribution is -0.115. The molecule has 0 spiro atoms. The minimum absolute atomic E-state index is 0.0139. The lowest BCUT2D eigenvalue weighted by atomic mass is 10.1. The second-order valence-corrected chi connectivity index (χ2v) is 6.20. The number of amides is 1. The van der Waals surface area contributed by atoms with Crippen LogP contribution in [-0.2, 0) is 4.79 Å². The summed E-state index contributed by atoms with van der Waals surface area (Å²) in [6.45, 7) is 0.0288. The minimum Gasteiger partial charge on any atom is -0.395 e. The average molecular weight is 310 g/mol. The van der Waals surface area contributed by atoms with Crippen molar-refractivity contribution in [1.29, 1.82) is 0 Å². The summed E-state index contributed by atoms with van der Waals surface area (Å²) in [7, 11) is 0. The summed E-state index contributed by atoms with van der Waals surface area (Å²) in [6, 6.07) is 5.23. The molecule has 0 bridgehead atoms. The number of rotatable bonds is 3. The molecule has 1 aliphatic rings. The van der Waals surface area contributed by atoms with E-state index in [4.69, 9.17) is 16.7 Å². The van der Waals surface area contributed by atoms with Crippen LogP contribution in [0.15, 0.2) is 18.2 Å². The Morgan fingerprint density at radius 1 is 1.55 bits per heavy atom. The molecule has 1 amide bonds. The lowest BCUT2D eigenvalue weighted by Gasteiger charge is -2.11. The van der Waals surface area contributed by atoms with Crippen molar-refractivity contribution in [2.75, 3.05) is 17.7 Å². The monoisotopic (exact) mass is 309 g/mol. The molecular weight excluding hydrogens is 294 g/mol. The zero-order valence-electron chi connectivity index (χ0n) is 11.0. The number of carbonyl (C=O) groups is 1. The van der Waals surface area contributed by atoms with E-state index in [2.05, 4.69) is 17.2 Å². The SMILES string of the molecule is O=C(Nc1cc(Cl)ccc1C#CCCO)C1CCCS1. The molecule has 1 unspecified atom stereocenters. The molecule has 5 heteroatoms. The number of aliphatic hydroxyl groups is 1. The first-order valence-electron chi connectivity index (χ1n) is 6.52. The molecule has 1 aromatic carbocycles. The van der Waals surface area contributed by atoms with E-state index in [1.54, 1.807) is 30.0 Å². The first-order valence-corrected chi connectivity index (χ1v) is 7.95. The third-order valence-corrected chi connectivity index (χ3v) is 4.53. The van der Waals surface area contributed by atoms with Gasteiger partial charge in [-0.15, -0.1) is 11.8 Å². The number of hydrogen-bond acceptors (Lipinski definition) is 3. The van der Waals surface area contributed by atoms with Gasteiger partial charge in [-0.2, -0.15) is 0 Å². The van der Waals surface area contributed by atoms with Gasteiger partial charge < -0.3 is 10.4 Å². The average Bonchev–Trinajstić information content (AvgIpc) is 2.95. The Bertz CT molecular complexity index is 545. The Hall–Kier alpha value is -1.15. The van der Waals surface area contributed by atoms with Crippen LogP contribution in [0.1, 0.15) is 24.8 Å². The highest BCUT2D eigenvalue weighted by Crippen LogP contribution is 2.28. The predicted molar refractivity (Wildman–Crippen MR) is 84.1 cm³/mol. The molecule has 3 nitrogen and oxygen atoms in total. The van der Waals surface area contributed by atoms with Crippen molar-refractivity contribution >= 4 is 35.0 Å². The standard InChI is InChI=1S/C15H16ClNO2S/c16-12-7-6-11(4-1-2-8-18)13(10-12)17-15(19)14-5-3-9-20-14/h6-7,10,14,18H,2-3,5,8-9H2,(H,17,19). The molecule has 1 fully saturated rings. The van der Waals surface area contributed by atoms with Gasteiger partial charge in [0.05, 0.1) is 17.5 Å². The van der Waals surface area contributed by atoms with Gasteiger partial charge in [-0.25, -0.2) is 0 Å². The van der Waals surface area contributed by atoms with Crippen molar-refractivity contribution in [3.63, 3.8) is 0 Å². The summed E-state index contributed by atoms with van der Waals surface area (Å²) in [5, 5.41) is 12.2. The van der Waals surface area contributed by atoms with Crippen LogP contribution < -0.4 is 5.32 Å². The third kappa shape index (κ3) is 4.17. The predicted octanol–water partition coefficient (Wildman–Crippen LogP) is 2.91. The van der Waals surface area contributed by atoms with E-state index in [1.807, 2.05) is 0 Å². The molecule has 106 valence electrons. The van der Waals surface area contributed by atoms with E-state index in [9.17, 15) is 4.79 Å². The maximum Gasteiger partial charge on any atom is 0.237 e. The highest BCUT2D eigenvalue weighted by Gasteiger charge is 2.23. The van der Waals surface area contributed by atoms with Crippen LogP contribution in [0.4, 0.5) is 5.69 Å². The number of aliphatic hydroxyl groups excluding tert-OH is 1. The molecule has 0 aromatic heterocycles. The summed E-state index contributed by atoms with van der Waals surface area (Å²) in [4.78, 5) is 12.1. The van der Waals surface area contributed by atoms with E-state index in [0.29, 0.717) is 17.1 Å². The molecule has 1 atom stereocenters. The largest absolute Gasteiger partial charge is 0.395 e. The molecule has 2 rings (SSSR count). The molecule has 0 aliphatic carbocycles. The fourth-order valence-corrected chi connectivity index (χ4v) is 3.27. The Balaban J connectivity index is 2.14. The van der Waals surface area contributed by atoms with E-state index in [1.165, 1.54) is 0 Å². The summed E-state index contributed by atoms with van der Waals surface area (Å²) in [5.41, 5.74) is 1.36. The molecular formula is C15H16ClNO2S. The summed E-state index contributed by atoms with van der Waals surface area (Å²) < 4.78 is 0. The molecule has 1 saturated heterocycles. The molecule has 2 N–H and O–H groups in total. The molecule has 1 heterocycles. The van der Waals surface area contributed by atoms with Crippen molar-refractivity contribution < 1.29 is 9.90 Å². The fraction of sp³-hybridized carbons (Fsp3) is 0.400.